The Hall–Kier alpha value is -1.41. The van der Waals surface area contributed by atoms with Gasteiger partial charge in [0.2, 0.25) is 0 Å². The van der Waals surface area contributed by atoms with E-state index in [2.05, 4.69) is 27.0 Å². The van der Waals surface area contributed by atoms with E-state index in [1.54, 1.807) is 0 Å². The van der Waals surface area contributed by atoms with Gasteiger partial charge in [-0.15, -0.1) is 6.58 Å². The van der Waals surface area contributed by atoms with Crippen LogP contribution in [0.2, 0.25) is 0 Å². The molecule has 15 heteroatoms. The monoisotopic (exact) mass is 1210 g/mol. The van der Waals surface area contributed by atoms with Gasteiger partial charge >= 0.3 is 0 Å². The molecule has 496 valence electrons. The summed E-state index contributed by atoms with van der Waals surface area (Å²) in [7, 11) is 1.35. The van der Waals surface area contributed by atoms with E-state index >= 15 is 0 Å². The largest absolute Gasteiger partial charge is 0.393 e. The van der Waals surface area contributed by atoms with E-state index in [4.69, 9.17) is 28.4 Å². The van der Waals surface area contributed by atoms with Crippen molar-refractivity contribution < 1.29 is 74.1 Å². The van der Waals surface area contributed by atoms with Crippen molar-refractivity contribution in [3.63, 3.8) is 0 Å². The van der Waals surface area contributed by atoms with Gasteiger partial charge in [0.25, 0.3) is 0 Å². The quantitative estimate of drug-likeness (QED) is 0.0209. The Balaban J connectivity index is 0.884. The van der Waals surface area contributed by atoms with Gasteiger partial charge in [0, 0.05) is 71.3 Å². The zero-order valence-corrected chi connectivity index (χ0v) is 53.8. The summed E-state index contributed by atoms with van der Waals surface area (Å²) < 4.78 is 37.4. The SMILES string of the molecule is C=CCCCCCCCCCCCCCCCCCCCCC[C@@H]1CC[C@]2(C[C@@H](O)[C@H](CC(O)CC(C)CCC[C@@H]3CC[C@@]4(C[C@@H](O)[C@H](CC(O)C[C@H]5O[C@@H](CC(O)CC(=O)CC(O)CC(=C)CCCCCCC)[C@H](O)[C@@H](OC)[C@@H]5O)O4)O3)O2)O1. The van der Waals surface area contributed by atoms with Crippen LogP contribution in [0, 0.1) is 5.92 Å². The minimum absolute atomic E-state index is 0.0508. The minimum Gasteiger partial charge on any atom is -0.393 e. The molecule has 0 aromatic heterocycles. The van der Waals surface area contributed by atoms with E-state index in [0.717, 1.165) is 69.8 Å². The molecular weight excluding hydrogens is 1080 g/mol. The highest BCUT2D eigenvalue weighted by atomic mass is 16.7. The molecule has 5 aliphatic rings. The molecule has 5 unspecified atom stereocenters. The Kier molecular flexibility index (Phi) is 36.0. The number of hydrogen-bond donors (Lipinski definition) is 8. The first-order chi connectivity index (χ1) is 41.0. The smallest absolute Gasteiger partial charge is 0.171 e. The van der Waals surface area contributed by atoms with Gasteiger partial charge in [0.05, 0.1) is 73.2 Å². The lowest BCUT2D eigenvalue weighted by Gasteiger charge is -2.43. The summed E-state index contributed by atoms with van der Waals surface area (Å²) in [5.41, 5.74) is 0.902. The number of aliphatic hydroxyl groups excluding tert-OH is 8. The average Bonchev–Trinajstić information content (AvgIpc) is 3.20. The molecule has 0 aromatic carbocycles. The fraction of sp³-hybridized carbons (Fsp3) is 0.929. The van der Waals surface area contributed by atoms with Gasteiger partial charge in [-0.1, -0.05) is 186 Å². The lowest BCUT2D eigenvalue weighted by molar-refractivity contribution is -0.241. The van der Waals surface area contributed by atoms with Crippen LogP contribution in [0.5, 0.6) is 0 Å². The number of ether oxygens (including phenoxy) is 6. The number of carbonyl (C=O) groups excluding carboxylic acids is 1. The molecule has 0 bridgehead atoms. The van der Waals surface area contributed by atoms with Gasteiger partial charge in [0.15, 0.2) is 11.6 Å². The van der Waals surface area contributed by atoms with Crippen LogP contribution in [-0.2, 0) is 33.2 Å². The first-order valence-corrected chi connectivity index (χ1v) is 35.1. The Bertz CT molecular complexity index is 1790. The molecule has 8 N–H and O–H groups in total. The second-order valence-electron chi connectivity index (χ2n) is 27.6. The molecule has 2 spiro atoms. The fourth-order valence-electron chi connectivity index (χ4n) is 14.7. The van der Waals surface area contributed by atoms with Crippen LogP contribution >= 0.6 is 0 Å². The van der Waals surface area contributed by atoms with E-state index in [1.807, 2.05) is 6.08 Å². The predicted molar refractivity (Wildman–Crippen MR) is 335 cm³/mol. The molecule has 0 radical (unpaired) electrons. The molecule has 5 heterocycles. The Morgan fingerprint density at radius 2 is 0.988 bits per heavy atom. The van der Waals surface area contributed by atoms with Gasteiger partial charge in [-0.05, 0) is 70.1 Å². The number of Topliss-reactive ketones (excluding diaryl/α,β-unsaturated/α-hetero) is 1. The van der Waals surface area contributed by atoms with Gasteiger partial charge in [-0.3, -0.25) is 4.79 Å². The minimum atomic E-state index is -1.32. The van der Waals surface area contributed by atoms with Crippen LogP contribution in [0.3, 0.4) is 0 Å². The van der Waals surface area contributed by atoms with Crippen molar-refractivity contribution in [1.82, 2.24) is 0 Å². The molecule has 0 aromatic rings. The fourth-order valence-corrected chi connectivity index (χ4v) is 14.7. The topological polar surface area (TPSA) is 234 Å². The van der Waals surface area contributed by atoms with E-state index in [-0.39, 0.29) is 62.4 Å². The van der Waals surface area contributed by atoms with E-state index < -0.39 is 90.9 Å². The number of ketones is 1. The van der Waals surface area contributed by atoms with Crippen LogP contribution in [0.15, 0.2) is 24.8 Å². The van der Waals surface area contributed by atoms with Crippen molar-refractivity contribution in [2.45, 2.75) is 399 Å². The van der Waals surface area contributed by atoms with E-state index in [0.29, 0.717) is 32.1 Å². The normalized spacial score (nSPS) is 31.3. The summed E-state index contributed by atoms with van der Waals surface area (Å²) >= 11 is 0. The predicted octanol–water partition coefficient (Wildman–Crippen LogP) is 12.8. The number of allylic oxidation sites excluding steroid dienone is 1. The number of hydrogen-bond acceptors (Lipinski definition) is 15. The third kappa shape index (κ3) is 27.9. The Labute approximate surface area is 515 Å². The maximum Gasteiger partial charge on any atom is 0.171 e. The molecule has 5 saturated heterocycles. The zero-order chi connectivity index (χ0) is 61.5. The first kappa shape index (κ1) is 74.3. The molecule has 85 heavy (non-hydrogen) atoms. The maximum absolute atomic E-state index is 12.8. The molecule has 5 rings (SSSR count). The Morgan fingerprint density at radius 1 is 0.553 bits per heavy atom. The summed E-state index contributed by atoms with van der Waals surface area (Å²) in [6.45, 7) is 12.2. The number of unbranched alkanes of at least 4 members (excludes halogenated alkanes) is 23. The summed E-state index contributed by atoms with van der Waals surface area (Å²) in [5.74, 6) is -1.75. The van der Waals surface area contributed by atoms with Crippen molar-refractivity contribution >= 4 is 5.78 Å². The van der Waals surface area contributed by atoms with Crippen molar-refractivity contribution in [2.75, 3.05) is 7.11 Å². The van der Waals surface area contributed by atoms with Crippen LogP contribution in [0.25, 0.3) is 0 Å². The second kappa shape index (κ2) is 41.1. The maximum atomic E-state index is 12.8. The first-order valence-electron chi connectivity index (χ1n) is 35.1. The molecule has 0 amide bonds. The Morgan fingerprint density at radius 3 is 1.49 bits per heavy atom. The molecule has 18 atom stereocenters. The molecule has 0 saturated carbocycles. The molecule has 5 aliphatic heterocycles. The van der Waals surface area contributed by atoms with Gasteiger partial charge in [0.1, 0.15) is 24.1 Å². The molecule has 5 fully saturated rings. The number of methoxy groups -OCH3 is 1. The lowest BCUT2D eigenvalue weighted by Crippen LogP contribution is -2.59. The number of aliphatic hydroxyl groups is 8. The number of rotatable bonds is 49. The molecule has 0 aliphatic carbocycles. The number of carbonyl (C=O) groups is 1. The molecule has 15 nitrogen and oxygen atoms in total. The van der Waals surface area contributed by atoms with Gasteiger partial charge < -0.3 is 69.3 Å². The third-order valence-electron chi connectivity index (χ3n) is 19.6. The summed E-state index contributed by atoms with van der Waals surface area (Å²) in [4.78, 5) is 12.8. The van der Waals surface area contributed by atoms with Crippen LogP contribution in [0.4, 0.5) is 0 Å². The van der Waals surface area contributed by atoms with Crippen molar-refractivity contribution in [1.29, 1.82) is 0 Å². The highest BCUT2D eigenvalue weighted by Crippen LogP contribution is 2.46. The lowest BCUT2D eigenvalue weighted by atomic mass is 9.88. The third-order valence-corrected chi connectivity index (χ3v) is 19.6. The second-order valence-corrected chi connectivity index (χ2v) is 27.6. The summed E-state index contributed by atoms with van der Waals surface area (Å²) in [6.07, 6.45) is 31.8. The molecular formula is C70H126O15. The summed E-state index contributed by atoms with van der Waals surface area (Å²) in [5, 5.41) is 88.4. The van der Waals surface area contributed by atoms with Crippen LogP contribution in [0.1, 0.15) is 296 Å². The average molecular weight is 1210 g/mol. The highest BCUT2D eigenvalue weighted by molar-refractivity contribution is 5.79. The van der Waals surface area contributed by atoms with Crippen LogP contribution in [-0.4, -0.2) is 157 Å². The van der Waals surface area contributed by atoms with Crippen LogP contribution < -0.4 is 0 Å². The van der Waals surface area contributed by atoms with Crippen molar-refractivity contribution in [2.24, 2.45) is 5.92 Å². The highest BCUT2D eigenvalue weighted by Gasteiger charge is 2.53. The van der Waals surface area contributed by atoms with Gasteiger partial charge in [-0.2, -0.15) is 0 Å². The van der Waals surface area contributed by atoms with E-state index in [1.165, 1.54) is 155 Å². The standard InChI is InChI=1S/C70H126O15/c1-6-8-10-12-13-14-15-16-17-18-19-20-21-22-23-24-25-26-27-29-31-35-58-37-39-69(82-58)49-60(76)62(84-69)45-54(72)42-52(4)34-32-36-59-38-40-70(83-59)50-61(77)63(85-70)46-57(75)48-65-67(79)68(80-5)66(78)64(81-65)47-56(74)44-55(73)43-53(71)41-51(3)33-30-28-11-9-7-2/h6,52-54,56-68,71-72,74-79H,1,3,7-50H2,2,4-5H3/t52?,53?,54?,56?,57?,58-,59-,60-,61-,62+,63+,64+,65-,66+,67-,68-,69+,70-/m1/s1. The summed E-state index contributed by atoms with van der Waals surface area (Å²) in [6, 6.07) is 0. The van der Waals surface area contributed by atoms with Gasteiger partial charge in [-0.25, -0.2) is 0 Å². The van der Waals surface area contributed by atoms with Crippen molar-refractivity contribution in [3.8, 4) is 0 Å². The van der Waals surface area contributed by atoms with E-state index in [9.17, 15) is 45.6 Å². The van der Waals surface area contributed by atoms with Crippen molar-refractivity contribution in [3.05, 3.63) is 24.8 Å². The zero-order valence-electron chi connectivity index (χ0n) is 53.8.